The van der Waals surface area contributed by atoms with Gasteiger partial charge in [-0.1, -0.05) is 6.92 Å². The maximum Gasteiger partial charge on any atom is 0.242 e. The molecule has 0 aliphatic rings. The number of hydrogen-bond donors (Lipinski definition) is 2. The van der Waals surface area contributed by atoms with E-state index in [1.807, 2.05) is 20.9 Å². The van der Waals surface area contributed by atoms with Gasteiger partial charge in [0.2, 0.25) is 10.0 Å². The van der Waals surface area contributed by atoms with Crippen molar-refractivity contribution in [2.75, 3.05) is 6.54 Å². The van der Waals surface area contributed by atoms with Gasteiger partial charge in [0.1, 0.15) is 5.82 Å². The Morgan fingerprint density at radius 3 is 2.76 bits per heavy atom. The Morgan fingerprint density at radius 1 is 1.38 bits per heavy atom. The molecule has 0 unspecified atom stereocenters. The summed E-state index contributed by atoms with van der Waals surface area (Å²) in [5, 5.41) is 3.20. The van der Waals surface area contributed by atoms with Gasteiger partial charge < -0.3 is 9.88 Å². The van der Waals surface area contributed by atoms with Gasteiger partial charge in [-0.2, -0.15) is 0 Å². The summed E-state index contributed by atoms with van der Waals surface area (Å²) in [6, 6.07) is 1.74. The van der Waals surface area contributed by atoms with Gasteiger partial charge in [0.15, 0.2) is 0 Å². The summed E-state index contributed by atoms with van der Waals surface area (Å²) in [6.07, 6.45) is 3.43. The Morgan fingerprint density at radius 2 is 2.14 bits per heavy atom. The number of rotatable bonds is 7. The van der Waals surface area contributed by atoms with Crippen LogP contribution in [0.2, 0.25) is 0 Å². The van der Waals surface area contributed by atoms with Crippen LogP contribution < -0.4 is 10.0 Å². The van der Waals surface area contributed by atoms with E-state index in [9.17, 15) is 8.42 Å². The van der Waals surface area contributed by atoms with Gasteiger partial charge in [-0.25, -0.2) is 18.1 Å². The quantitative estimate of drug-likeness (QED) is 0.805. The monoisotopic (exact) mass is 328 g/mol. The molecule has 0 spiro atoms. The number of nitrogens with zero attached hydrogens (tertiary/aromatic N) is 2. The van der Waals surface area contributed by atoms with Crippen LogP contribution in [0.3, 0.4) is 0 Å². The van der Waals surface area contributed by atoms with Gasteiger partial charge in [0.05, 0.1) is 11.4 Å². The second-order valence-electron chi connectivity index (χ2n) is 4.69. The standard InChI is InChI=1S/C13H20N4O2S2/c1-4-14-8-11-7-12(10(2)20-11)21(18,19)16-9-13-15-5-6-17(13)3/h5-7,14,16H,4,8-9H2,1-3H3. The van der Waals surface area contributed by atoms with Crippen LogP contribution in [0.1, 0.15) is 22.5 Å². The molecule has 2 heterocycles. The molecule has 6 nitrogen and oxygen atoms in total. The van der Waals surface area contributed by atoms with E-state index in [-0.39, 0.29) is 6.54 Å². The van der Waals surface area contributed by atoms with E-state index < -0.39 is 10.0 Å². The number of aromatic nitrogens is 2. The first kappa shape index (κ1) is 16.2. The normalized spacial score (nSPS) is 12.0. The van der Waals surface area contributed by atoms with Gasteiger partial charge in [-0.3, -0.25) is 0 Å². The Balaban J connectivity index is 2.12. The van der Waals surface area contributed by atoms with E-state index in [2.05, 4.69) is 15.0 Å². The van der Waals surface area contributed by atoms with E-state index in [1.54, 1.807) is 23.0 Å². The van der Waals surface area contributed by atoms with E-state index in [0.717, 1.165) is 16.3 Å². The van der Waals surface area contributed by atoms with Gasteiger partial charge >= 0.3 is 0 Å². The summed E-state index contributed by atoms with van der Waals surface area (Å²) in [6.45, 7) is 5.58. The lowest BCUT2D eigenvalue weighted by Gasteiger charge is -2.06. The number of hydrogen-bond acceptors (Lipinski definition) is 5. The van der Waals surface area contributed by atoms with Crippen molar-refractivity contribution in [3.05, 3.63) is 34.0 Å². The zero-order valence-electron chi connectivity index (χ0n) is 12.4. The Labute approximate surface area is 129 Å². The molecule has 0 aromatic carbocycles. The number of sulfonamides is 1. The van der Waals surface area contributed by atoms with Crippen molar-refractivity contribution in [1.29, 1.82) is 0 Å². The fourth-order valence-electron chi connectivity index (χ4n) is 1.93. The second kappa shape index (κ2) is 6.69. The highest BCUT2D eigenvalue weighted by Gasteiger charge is 2.20. The van der Waals surface area contributed by atoms with Crippen LogP contribution in [0, 0.1) is 6.92 Å². The highest BCUT2D eigenvalue weighted by Crippen LogP contribution is 2.25. The molecule has 2 N–H and O–H groups in total. The minimum atomic E-state index is -3.51. The Bertz CT molecular complexity index is 704. The molecule has 2 aromatic heterocycles. The first-order valence-electron chi connectivity index (χ1n) is 6.70. The lowest BCUT2D eigenvalue weighted by atomic mass is 10.4. The van der Waals surface area contributed by atoms with Gasteiger partial charge in [0.25, 0.3) is 0 Å². The largest absolute Gasteiger partial charge is 0.337 e. The van der Waals surface area contributed by atoms with Crippen molar-refractivity contribution >= 4 is 21.4 Å². The molecule has 0 aliphatic carbocycles. The zero-order valence-corrected chi connectivity index (χ0v) is 14.0. The molecule has 8 heteroatoms. The average Bonchev–Trinajstić information content (AvgIpc) is 3.00. The molecule has 21 heavy (non-hydrogen) atoms. The van der Waals surface area contributed by atoms with E-state index >= 15 is 0 Å². The molecule has 116 valence electrons. The Kier molecular flexibility index (Phi) is 5.15. The third-order valence-electron chi connectivity index (χ3n) is 3.10. The molecule has 0 bridgehead atoms. The predicted molar refractivity (Wildman–Crippen MR) is 83.7 cm³/mol. The fourth-order valence-corrected chi connectivity index (χ4v) is 4.51. The summed E-state index contributed by atoms with van der Waals surface area (Å²) in [5.74, 6) is 0.680. The molecular formula is C13H20N4O2S2. The van der Waals surface area contributed by atoms with E-state index in [4.69, 9.17) is 0 Å². The second-order valence-corrected chi connectivity index (χ2v) is 7.77. The van der Waals surface area contributed by atoms with Crippen LogP contribution in [0.4, 0.5) is 0 Å². The fraction of sp³-hybridized carbons (Fsp3) is 0.462. The van der Waals surface area contributed by atoms with Crippen molar-refractivity contribution < 1.29 is 8.42 Å². The lowest BCUT2D eigenvalue weighted by molar-refractivity contribution is 0.577. The molecule has 0 atom stereocenters. The topological polar surface area (TPSA) is 76.0 Å². The number of imidazole rings is 1. The van der Waals surface area contributed by atoms with E-state index in [1.165, 1.54) is 11.3 Å². The summed E-state index contributed by atoms with van der Waals surface area (Å²) in [7, 11) is -1.67. The van der Waals surface area contributed by atoms with Crippen LogP contribution in [-0.4, -0.2) is 24.5 Å². The minimum absolute atomic E-state index is 0.184. The molecule has 0 amide bonds. The average molecular weight is 328 g/mol. The highest BCUT2D eigenvalue weighted by molar-refractivity contribution is 7.89. The van der Waals surface area contributed by atoms with Crippen LogP contribution in [0.25, 0.3) is 0 Å². The van der Waals surface area contributed by atoms with Crippen LogP contribution in [-0.2, 0) is 30.2 Å². The van der Waals surface area contributed by atoms with Crippen molar-refractivity contribution in [3.63, 3.8) is 0 Å². The summed E-state index contributed by atoms with van der Waals surface area (Å²) < 4.78 is 29.2. The zero-order chi connectivity index (χ0) is 15.5. The lowest BCUT2D eigenvalue weighted by Crippen LogP contribution is -2.24. The Hall–Kier alpha value is -1.22. The molecular weight excluding hydrogens is 308 g/mol. The van der Waals surface area contributed by atoms with Gasteiger partial charge in [0, 0.05) is 35.7 Å². The minimum Gasteiger partial charge on any atom is -0.337 e. The van der Waals surface area contributed by atoms with Crippen molar-refractivity contribution in [1.82, 2.24) is 19.6 Å². The van der Waals surface area contributed by atoms with Crippen LogP contribution >= 0.6 is 11.3 Å². The summed E-state index contributed by atoms with van der Waals surface area (Å²) >= 11 is 1.51. The summed E-state index contributed by atoms with van der Waals surface area (Å²) in [4.78, 5) is 6.29. The third kappa shape index (κ3) is 3.91. The molecule has 0 radical (unpaired) electrons. The molecule has 2 rings (SSSR count). The van der Waals surface area contributed by atoms with Crippen LogP contribution in [0.5, 0.6) is 0 Å². The molecule has 0 saturated carbocycles. The van der Waals surface area contributed by atoms with Crippen molar-refractivity contribution in [2.24, 2.45) is 7.05 Å². The maximum atomic E-state index is 12.4. The van der Waals surface area contributed by atoms with Gasteiger partial charge in [-0.15, -0.1) is 11.3 Å². The van der Waals surface area contributed by atoms with Crippen molar-refractivity contribution in [2.45, 2.75) is 31.8 Å². The highest BCUT2D eigenvalue weighted by atomic mass is 32.2. The first-order valence-corrected chi connectivity index (χ1v) is 9.00. The molecule has 0 aliphatic heterocycles. The molecule has 0 fully saturated rings. The number of thiophene rings is 1. The van der Waals surface area contributed by atoms with Gasteiger partial charge in [-0.05, 0) is 19.5 Å². The number of nitrogens with one attached hydrogen (secondary N) is 2. The van der Waals surface area contributed by atoms with E-state index in [0.29, 0.717) is 17.3 Å². The molecule has 0 saturated heterocycles. The maximum absolute atomic E-state index is 12.4. The SMILES string of the molecule is CCNCc1cc(S(=O)(=O)NCc2nccn2C)c(C)s1. The third-order valence-corrected chi connectivity index (χ3v) is 5.81. The number of aryl methyl sites for hydroxylation is 2. The first-order chi connectivity index (χ1) is 9.94. The van der Waals surface area contributed by atoms with Crippen LogP contribution in [0.15, 0.2) is 23.4 Å². The van der Waals surface area contributed by atoms with Crippen molar-refractivity contribution in [3.8, 4) is 0 Å². The molecule has 2 aromatic rings. The predicted octanol–water partition coefficient (Wildman–Crippen LogP) is 1.38. The smallest absolute Gasteiger partial charge is 0.242 e. The summed E-state index contributed by atoms with van der Waals surface area (Å²) in [5.41, 5.74) is 0.